The highest BCUT2D eigenvalue weighted by molar-refractivity contribution is 5.96. The molecule has 1 aromatic rings. The first kappa shape index (κ1) is 18.2. The summed E-state index contributed by atoms with van der Waals surface area (Å²) in [6, 6.07) is 2.62. The highest BCUT2D eigenvalue weighted by Crippen LogP contribution is 2.52. The van der Waals surface area contributed by atoms with Crippen LogP contribution in [-0.2, 0) is 10.5 Å². The Kier molecular flexibility index (Phi) is 4.00. The fourth-order valence-electron chi connectivity index (χ4n) is 2.57. The molecule has 1 heterocycles. The van der Waals surface area contributed by atoms with Crippen molar-refractivity contribution in [3.63, 3.8) is 0 Å². The number of hydrogen-bond donors (Lipinski definition) is 2. The van der Waals surface area contributed by atoms with E-state index in [1.165, 1.54) is 0 Å². The predicted octanol–water partition coefficient (Wildman–Crippen LogP) is 3.10. The lowest BCUT2D eigenvalue weighted by atomic mass is 10.0. The Labute approximate surface area is 143 Å². The van der Waals surface area contributed by atoms with Gasteiger partial charge >= 0.3 is 17.8 Å². The van der Waals surface area contributed by atoms with Crippen molar-refractivity contribution in [1.29, 1.82) is 0 Å². The summed E-state index contributed by atoms with van der Waals surface area (Å²) in [7, 11) is 0. The Hall–Kier alpha value is -2.59. The van der Waals surface area contributed by atoms with Gasteiger partial charge in [0, 0.05) is 23.5 Å². The third-order valence-corrected chi connectivity index (χ3v) is 4.32. The van der Waals surface area contributed by atoms with Crippen LogP contribution in [0.2, 0.25) is 0 Å². The van der Waals surface area contributed by atoms with E-state index in [2.05, 4.69) is 15.5 Å². The van der Waals surface area contributed by atoms with Crippen molar-refractivity contribution in [2.75, 3.05) is 0 Å². The molecule has 1 aliphatic carbocycles. The number of halogens is 5. The molecule has 0 aromatic heterocycles. The number of benzene rings is 1. The lowest BCUT2D eigenvalue weighted by molar-refractivity contribution is -0.166. The van der Waals surface area contributed by atoms with Crippen LogP contribution in [0.15, 0.2) is 34.5 Å². The van der Waals surface area contributed by atoms with Gasteiger partial charge in [-0.15, -0.1) is 10.2 Å². The molecule has 11 heteroatoms. The van der Waals surface area contributed by atoms with Crippen LogP contribution >= 0.6 is 0 Å². The molecule has 1 saturated carbocycles. The molecule has 1 aliphatic heterocycles. The molecule has 0 bridgehead atoms. The van der Waals surface area contributed by atoms with Crippen LogP contribution in [0.3, 0.4) is 0 Å². The van der Waals surface area contributed by atoms with Crippen LogP contribution in [0.4, 0.5) is 22.0 Å². The summed E-state index contributed by atoms with van der Waals surface area (Å²) in [6.45, 7) is 0. The van der Waals surface area contributed by atoms with Gasteiger partial charge in [-0.2, -0.15) is 13.2 Å². The summed E-state index contributed by atoms with van der Waals surface area (Å²) in [6.07, 6.45) is -5.57. The largest absolute Gasteiger partial charge is 0.480 e. The Morgan fingerprint density at radius 2 is 1.77 bits per heavy atom. The standard InChI is InChI=1S/C15H12F5N3O3/c16-13(17)6-9(13)5-10(12(25)26)21-11(24)7-1-3-8(4-2-7)14(22-23-14)15(18,19)20/h1-4,9-10H,5-6H2,(H,21,24)(H,25,26)/t9?,10-/m0/s1. The van der Waals surface area contributed by atoms with Crippen molar-refractivity contribution in [2.45, 2.75) is 36.6 Å². The topological polar surface area (TPSA) is 91.1 Å². The number of alkyl halides is 5. The fourth-order valence-corrected chi connectivity index (χ4v) is 2.57. The summed E-state index contributed by atoms with van der Waals surface area (Å²) < 4.78 is 64.5. The average Bonchev–Trinajstić information content (AvgIpc) is 3.43. The Bertz CT molecular complexity index is 770. The van der Waals surface area contributed by atoms with Gasteiger partial charge in [-0.1, -0.05) is 12.1 Å². The van der Waals surface area contributed by atoms with E-state index in [-0.39, 0.29) is 11.1 Å². The number of rotatable bonds is 6. The number of carbonyl (C=O) groups is 2. The lowest BCUT2D eigenvalue weighted by Gasteiger charge is -2.16. The predicted molar refractivity (Wildman–Crippen MR) is 75.6 cm³/mol. The molecular weight excluding hydrogens is 365 g/mol. The first-order chi connectivity index (χ1) is 12.0. The van der Waals surface area contributed by atoms with Crippen molar-refractivity contribution >= 4 is 11.9 Å². The smallest absolute Gasteiger partial charge is 0.442 e. The molecule has 26 heavy (non-hydrogen) atoms. The molecule has 140 valence electrons. The third-order valence-electron chi connectivity index (χ3n) is 4.32. The second-order valence-electron chi connectivity index (χ2n) is 6.21. The number of carboxylic acid groups (broad SMARTS) is 1. The van der Waals surface area contributed by atoms with Gasteiger partial charge in [-0.05, 0) is 18.6 Å². The van der Waals surface area contributed by atoms with Crippen LogP contribution in [0.5, 0.6) is 0 Å². The molecule has 0 saturated heterocycles. The number of carboxylic acids is 1. The second-order valence-corrected chi connectivity index (χ2v) is 6.21. The van der Waals surface area contributed by atoms with Gasteiger partial charge in [-0.25, -0.2) is 13.6 Å². The van der Waals surface area contributed by atoms with Crippen LogP contribution in [0.1, 0.15) is 28.8 Å². The lowest BCUT2D eigenvalue weighted by Crippen LogP contribution is -2.41. The highest BCUT2D eigenvalue weighted by atomic mass is 19.4. The molecule has 1 aromatic carbocycles. The zero-order chi connectivity index (χ0) is 19.3. The molecular formula is C15H12F5N3O3. The van der Waals surface area contributed by atoms with Gasteiger partial charge in [0.1, 0.15) is 6.04 Å². The molecule has 0 radical (unpaired) electrons. The van der Waals surface area contributed by atoms with Crippen molar-refractivity contribution in [3.05, 3.63) is 35.4 Å². The molecule has 0 spiro atoms. The molecule has 1 unspecified atom stereocenters. The maximum atomic E-state index is 12.9. The van der Waals surface area contributed by atoms with Crippen LogP contribution in [0.25, 0.3) is 0 Å². The highest BCUT2D eigenvalue weighted by Gasteiger charge is 2.65. The van der Waals surface area contributed by atoms with E-state index in [4.69, 9.17) is 5.11 Å². The maximum Gasteiger partial charge on any atom is 0.442 e. The van der Waals surface area contributed by atoms with Gasteiger partial charge in [-0.3, -0.25) is 4.79 Å². The molecule has 2 atom stereocenters. The Morgan fingerprint density at radius 1 is 1.23 bits per heavy atom. The minimum absolute atomic E-state index is 0.111. The van der Waals surface area contributed by atoms with E-state index >= 15 is 0 Å². The zero-order valence-electron chi connectivity index (χ0n) is 12.9. The number of nitrogens with one attached hydrogen (secondary N) is 1. The molecule has 1 fully saturated rings. The van der Waals surface area contributed by atoms with Gasteiger partial charge in [0.15, 0.2) is 0 Å². The van der Waals surface area contributed by atoms with Crippen molar-refractivity contribution < 1.29 is 36.6 Å². The van der Waals surface area contributed by atoms with Gasteiger partial charge in [0.25, 0.3) is 11.8 Å². The quantitative estimate of drug-likeness (QED) is 0.747. The number of nitrogens with zero attached hydrogens (tertiary/aromatic N) is 2. The van der Waals surface area contributed by atoms with E-state index in [1.54, 1.807) is 0 Å². The zero-order valence-corrected chi connectivity index (χ0v) is 12.9. The maximum absolute atomic E-state index is 12.9. The summed E-state index contributed by atoms with van der Waals surface area (Å²) in [4.78, 5) is 23.2. The summed E-state index contributed by atoms with van der Waals surface area (Å²) in [5.74, 6) is -6.40. The Balaban J connectivity index is 1.67. The first-order valence-corrected chi connectivity index (χ1v) is 7.49. The number of hydrogen-bond acceptors (Lipinski definition) is 4. The van der Waals surface area contributed by atoms with E-state index in [1.807, 2.05) is 0 Å². The third kappa shape index (κ3) is 3.25. The van der Waals surface area contributed by atoms with Gasteiger partial charge in [0.2, 0.25) is 0 Å². The summed E-state index contributed by atoms with van der Waals surface area (Å²) in [5, 5.41) is 17.2. The number of carbonyl (C=O) groups excluding carboxylic acids is 1. The fraction of sp³-hybridized carbons (Fsp3) is 0.467. The number of aliphatic carboxylic acids is 1. The molecule has 6 nitrogen and oxygen atoms in total. The van der Waals surface area contributed by atoms with Crippen LogP contribution < -0.4 is 5.32 Å². The van der Waals surface area contributed by atoms with Crippen molar-refractivity contribution in [2.24, 2.45) is 16.1 Å². The average molecular weight is 377 g/mol. The monoisotopic (exact) mass is 377 g/mol. The van der Waals surface area contributed by atoms with Gasteiger partial charge < -0.3 is 10.4 Å². The van der Waals surface area contributed by atoms with E-state index in [9.17, 15) is 31.5 Å². The second kappa shape index (κ2) is 5.71. The summed E-state index contributed by atoms with van der Waals surface area (Å²) >= 11 is 0. The minimum Gasteiger partial charge on any atom is -0.480 e. The molecule has 1 amide bonds. The Morgan fingerprint density at radius 3 is 2.15 bits per heavy atom. The van der Waals surface area contributed by atoms with E-state index in [0.29, 0.717) is 0 Å². The van der Waals surface area contributed by atoms with Crippen LogP contribution in [0, 0.1) is 5.92 Å². The van der Waals surface area contributed by atoms with E-state index in [0.717, 1.165) is 24.3 Å². The minimum atomic E-state index is -4.71. The molecule has 3 rings (SSSR count). The first-order valence-electron chi connectivity index (χ1n) is 7.49. The van der Waals surface area contributed by atoms with Crippen molar-refractivity contribution in [1.82, 2.24) is 5.32 Å². The SMILES string of the molecule is O=C(N[C@@H](CC1CC1(F)F)C(=O)O)c1ccc(C2(C(F)(F)F)N=N2)cc1. The number of amides is 1. The van der Waals surface area contributed by atoms with Gasteiger partial charge in [0.05, 0.1) is 0 Å². The summed E-state index contributed by atoms with van der Waals surface area (Å²) in [5.41, 5.74) is -3.02. The molecule has 2 N–H and O–H groups in total. The normalized spacial score (nSPS) is 23.2. The van der Waals surface area contributed by atoms with E-state index < -0.39 is 54.4 Å². The molecule has 2 aliphatic rings. The van der Waals surface area contributed by atoms with Crippen LogP contribution in [-0.4, -0.2) is 35.1 Å². The van der Waals surface area contributed by atoms with Crippen molar-refractivity contribution in [3.8, 4) is 0 Å².